The summed E-state index contributed by atoms with van der Waals surface area (Å²) in [5, 5.41) is 0. The van der Waals surface area contributed by atoms with Crippen LogP contribution in [0.1, 0.15) is 22.4 Å². The number of H-pyrrole nitrogens is 1. The molecule has 2 aromatic rings. The molecule has 3 heteroatoms. The summed E-state index contributed by atoms with van der Waals surface area (Å²) >= 11 is 5.12. The first kappa shape index (κ1) is 12.0. The molecule has 2 nitrogen and oxygen atoms in total. The van der Waals surface area contributed by atoms with Crippen LogP contribution >= 0.6 is 12.2 Å². The van der Waals surface area contributed by atoms with Crippen LogP contribution in [0.4, 0.5) is 0 Å². The Bertz CT molecular complexity index is 627. The molecule has 0 saturated heterocycles. The molecule has 0 saturated carbocycles. The van der Waals surface area contributed by atoms with E-state index in [1.807, 2.05) is 13.0 Å². The predicted octanol–water partition coefficient (Wildman–Crippen LogP) is 4.04. The normalized spacial score (nSPS) is 10.6. The van der Waals surface area contributed by atoms with Crippen molar-refractivity contribution in [2.24, 2.45) is 0 Å². The Morgan fingerprint density at radius 1 is 1.06 bits per heavy atom. The molecule has 0 aliphatic rings. The monoisotopic (exact) mass is 244 g/mol. The van der Waals surface area contributed by atoms with Gasteiger partial charge in [-0.2, -0.15) is 0 Å². The second kappa shape index (κ2) is 4.41. The molecule has 1 heterocycles. The lowest BCUT2D eigenvalue weighted by atomic mass is 9.97. The lowest BCUT2D eigenvalue weighted by Crippen LogP contribution is -1.95. The number of hydrogen-bond donors (Lipinski definition) is 1. The maximum absolute atomic E-state index is 5.12. The summed E-state index contributed by atoms with van der Waals surface area (Å²) in [5.74, 6) is 0. The number of aryl methyl sites for hydroxylation is 2. The van der Waals surface area contributed by atoms with E-state index in [2.05, 4.69) is 42.9 Å². The average Bonchev–Trinajstić information content (AvgIpc) is 2.24. The Hall–Kier alpha value is -1.48. The maximum Gasteiger partial charge on any atom is 0.197 e. The first-order chi connectivity index (χ1) is 7.99. The molecule has 2 rings (SSSR count). The Balaban J connectivity index is 2.69. The third-order valence-electron chi connectivity index (χ3n) is 3.21. The van der Waals surface area contributed by atoms with E-state index >= 15 is 0 Å². The van der Waals surface area contributed by atoms with Crippen molar-refractivity contribution >= 4 is 12.2 Å². The lowest BCUT2D eigenvalue weighted by molar-refractivity contribution is 1.08. The van der Waals surface area contributed by atoms with E-state index in [0.717, 1.165) is 17.0 Å². The topological polar surface area (TPSA) is 28.7 Å². The third-order valence-corrected chi connectivity index (χ3v) is 3.41. The van der Waals surface area contributed by atoms with Crippen molar-refractivity contribution in [3.63, 3.8) is 0 Å². The molecule has 88 valence electrons. The van der Waals surface area contributed by atoms with E-state index in [1.165, 1.54) is 16.7 Å². The minimum atomic E-state index is 0.539. The molecular weight excluding hydrogens is 228 g/mol. The van der Waals surface area contributed by atoms with Gasteiger partial charge in [0.2, 0.25) is 0 Å². The van der Waals surface area contributed by atoms with Crippen LogP contribution < -0.4 is 0 Å². The molecule has 1 aromatic heterocycles. The number of aromatic amines is 1. The van der Waals surface area contributed by atoms with E-state index in [0.29, 0.717) is 4.77 Å². The van der Waals surface area contributed by atoms with Gasteiger partial charge in [-0.1, -0.05) is 12.1 Å². The van der Waals surface area contributed by atoms with Crippen molar-refractivity contribution in [2.75, 3.05) is 0 Å². The number of nitrogens with one attached hydrogen (secondary N) is 1. The highest BCUT2D eigenvalue weighted by molar-refractivity contribution is 7.71. The number of rotatable bonds is 1. The number of benzene rings is 1. The Morgan fingerprint density at radius 2 is 1.76 bits per heavy atom. The summed E-state index contributed by atoms with van der Waals surface area (Å²) in [6.07, 6.45) is 0. The third kappa shape index (κ3) is 2.29. The van der Waals surface area contributed by atoms with Gasteiger partial charge in [0.25, 0.3) is 0 Å². The summed E-state index contributed by atoms with van der Waals surface area (Å²) in [6, 6.07) is 6.29. The van der Waals surface area contributed by atoms with Crippen LogP contribution in [0.3, 0.4) is 0 Å². The van der Waals surface area contributed by atoms with Crippen LogP contribution in [0.25, 0.3) is 11.3 Å². The molecule has 0 aliphatic carbocycles. The van der Waals surface area contributed by atoms with E-state index in [9.17, 15) is 0 Å². The molecule has 0 unspecified atom stereocenters. The van der Waals surface area contributed by atoms with Gasteiger partial charge in [-0.05, 0) is 62.7 Å². The summed E-state index contributed by atoms with van der Waals surface area (Å²) in [6.45, 7) is 8.40. The molecule has 0 atom stereocenters. The summed E-state index contributed by atoms with van der Waals surface area (Å²) in [4.78, 5) is 7.42. The predicted molar refractivity (Wildman–Crippen MR) is 73.8 cm³/mol. The fraction of sp³-hybridized carbons (Fsp3) is 0.286. The zero-order valence-electron chi connectivity index (χ0n) is 10.6. The van der Waals surface area contributed by atoms with Gasteiger partial charge in [-0.15, -0.1) is 0 Å². The molecule has 1 aromatic carbocycles. The Kier molecular flexibility index (Phi) is 3.11. The quantitative estimate of drug-likeness (QED) is 0.767. The highest BCUT2D eigenvalue weighted by Gasteiger charge is 2.07. The highest BCUT2D eigenvalue weighted by Crippen LogP contribution is 2.25. The van der Waals surface area contributed by atoms with Crippen LogP contribution in [0.15, 0.2) is 18.2 Å². The molecular formula is C14H16N2S. The van der Waals surface area contributed by atoms with Gasteiger partial charge < -0.3 is 4.98 Å². The zero-order valence-corrected chi connectivity index (χ0v) is 11.4. The first-order valence-electron chi connectivity index (χ1n) is 5.64. The second-order valence-electron chi connectivity index (χ2n) is 4.43. The molecule has 0 amide bonds. The minimum absolute atomic E-state index is 0.539. The summed E-state index contributed by atoms with van der Waals surface area (Å²) in [5.41, 5.74) is 7.06. The highest BCUT2D eigenvalue weighted by atomic mass is 32.1. The zero-order chi connectivity index (χ0) is 12.6. The summed E-state index contributed by atoms with van der Waals surface area (Å²) in [7, 11) is 0. The molecule has 0 radical (unpaired) electrons. The molecule has 1 N–H and O–H groups in total. The SMILES string of the molecule is Cc1cc(-c2ccc(C)c(C)c2C)nc(=S)[nH]1. The van der Waals surface area contributed by atoms with Crippen LogP contribution in [-0.4, -0.2) is 9.97 Å². The van der Waals surface area contributed by atoms with Crippen molar-refractivity contribution in [3.8, 4) is 11.3 Å². The smallest absolute Gasteiger partial charge is 0.197 e. The van der Waals surface area contributed by atoms with Crippen molar-refractivity contribution in [2.45, 2.75) is 27.7 Å². The van der Waals surface area contributed by atoms with Gasteiger partial charge in [0.1, 0.15) is 0 Å². The molecule has 0 aliphatic heterocycles. The van der Waals surface area contributed by atoms with E-state index < -0.39 is 0 Å². The van der Waals surface area contributed by atoms with E-state index in [1.54, 1.807) is 0 Å². The first-order valence-corrected chi connectivity index (χ1v) is 6.05. The maximum atomic E-state index is 5.12. The van der Waals surface area contributed by atoms with Crippen molar-refractivity contribution in [1.29, 1.82) is 0 Å². The summed E-state index contributed by atoms with van der Waals surface area (Å²) < 4.78 is 0.539. The van der Waals surface area contributed by atoms with Gasteiger partial charge in [0, 0.05) is 11.3 Å². The van der Waals surface area contributed by atoms with Crippen LogP contribution in [0.5, 0.6) is 0 Å². The van der Waals surface area contributed by atoms with Gasteiger partial charge >= 0.3 is 0 Å². The largest absolute Gasteiger partial charge is 0.335 e. The Morgan fingerprint density at radius 3 is 2.41 bits per heavy atom. The Labute approximate surface area is 107 Å². The molecule has 0 bridgehead atoms. The number of hydrogen-bond acceptors (Lipinski definition) is 2. The fourth-order valence-electron chi connectivity index (χ4n) is 1.95. The van der Waals surface area contributed by atoms with Crippen LogP contribution in [0, 0.1) is 32.5 Å². The van der Waals surface area contributed by atoms with Crippen molar-refractivity contribution in [1.82, 2.24) is 9.97 Å². The van der Waals surface area contributed by atoms with Crippen molar-refractivity contribution in [3.05, 3.63) is 45.4 Å². The molecule has 0 spiro atoms. The second-order valence-corrected chi connectivity index (χ2v) is 4.82. The minimum Gasteiger partial charge on any atom is -0.335 e. The van der Waals surface area contributed by atoms with Crippen molar-refractivity contribution < 1.29 is 0 Å². The van der Waals surface area contributed by atoms with Gasteiger partial charge in [0.15, 0.2) is 4.77 Å². The fourth-order valence-corrected chi connectivity index (χ4v) is 2.21. The molecule has 0 fully saturated rings. The number of nitrogens with zero attached hydrogens (tertiary/aromatic N) is 1. The van der Waals surface area contributed by atoms with Crippen LogP contribution in [0.2, 0.25) is 0 Å². The average molecular weight is 244 g/mol. The number of aromatic nitrogens is 2. The van der Waals surface area contributed by atoms with E-state index in [4.69, 9.17) is 12.2 Å². The molecule has 17 heavy (non-hydrogen) atoms. The van der Waals surface area contributed by atoms with E-state index in [-0.39, 0.29) is 0 Å². The van der Waals surface area contributed by atoms with Gasteiger partial charge in [0.05, 0.1) is 5.69 Å². The standard InChI is InChI=1S/C14H16N2S/c1-8-5-6-12(11(4)10(8)3)13-7-9(2)15-14(17)16-13/h5-7H,1-4H3,(H,15,16,17). The van der Waals surface area contributed by atoms with Gasteiger partial charge in [-0.25, -0.2) is 4.98 Å². The lowest BCUT2D eigenvalue weighted by Gasteiger charge is -2.11. The van der Waals surface area contributed by atoms with Crippen LogP contribution in [-0.2, 0) is 0 Å². The van der Waals surface area contributed by atoms with Gasteiger partial charge in [-0.3, -0.25) is 0 Å².